The maximum Gasteiger partial charge on any atom is 0.269 e. The van der Waals surface area contributed by atoms with E-state index >= 15 is 0 Å². The summed E-state index contributed by atoms with van der Waals surface area (Å²) in [6.07, 6.45) is 2.85. The van der Waals surface area contributed by atoms with Gasteiger partial charge in [0.05, 0.1) is 34.4 Å². The SMILES string of the molecule is O=[N+]([O-])c1ccc(CON=C2CCCC3ON(c4ccccc4)C(c4ccccc4)C23)cc1. The molecule has 1 aliphatic carbocycles. The van der Waals surface area contributed by atoms with Gasteiger partial charge in [0, 0.05) is 12.1 Å². The lowest BCUT2D eigenvalue weighted by Gasteiger charge is -2.29. The number of rotatable bonds is 6. The van der Waals surface area contributed by atoms with E-state index in [-0.39, 0.29) is 30.4 Å². The number of nitro groups is 1. The zero-order valence-electron chi connectivity index (χ0n) is 18.1. The minimum Gasteiger partial charge on any atom is -0.391 e. The molecule has 1 aliphatic heterocycles. The van der Waals surface area contributed by atoms with Crippen LogP contribution < -0.4 is 5.06 Å². The van der Waals surface area contributed by atoms with Gasteiger partial charge in [0.25, 0.3) is 5.69 Å². The Kier molecular flexibility index (Phi) is 6.04. The summed E-state index contributed by atoms with van der Waals surface area (Å²) in [5.41, 5.74) is 4.10. The van der Waals surface area contributed by atoms with Crippen LogP contribution in [0.3, 0.4) is 0 Å². The van der Waals surface area contributed by atoms with Crippen molar-refractivity contribution in [2.45, 2.75) is 38.0 Å². The lowest BCUT2D eigenvalue weighted by atomic mass is 9.78. The van der Waals surface area contributed by atoms with Crippen molar-refractivity contribution in [3.63, 3.8) is 0 Å². The molecule has 0 N–H and O–H groups in total. The van der Waals surface area contributed by atoms with Crippen molar-refractivity contribution in [1.29, 1.82) is 0 Å². The first-order valence-corrected chi connectivity index (χ1v) is 11.2. The number of nitrogens with zero attached hydrogens (tertiary/aromatic N) is 3. The van der Waals surface area contributed by atoms with E-state index < -0.39 is 4.92 Å². The number of hydrogen-bond acceptors (Lipinski definition) is 6. The number of hydroxylamine groups is 1. The Balaban J connectivity index is 1.40. The van der Waals surface area contributed by atoms with E-state index in [0.29, 0.717) is 0 Å². The maximum absolute atomic E-state index is 10.9. The first kappa shape index (κ1) is 21.2. The second-order valence-corrected chi connectivity index (χ2v) is 8.36. The van der Waals surface area contributed by atoms with Crippen LogP contribution >= 0.6 is 0 Å². The highest BCUT2D eigenvalue weighted by molar-refractivity contribution is 5.89. The summed E-state index contributed by atoms with van der Waals surface area (Å²) < 4.78 is 0. The molecule has 168 valence electrons. The molecule has 1 saturated heterocycles. The third kappa shape index (κ3) is 4.45. The molecule has 0 bridgehead atoms. The molecular weight excluding hydrogens is 418 g/mol. The number of anilines is 1. The monoisotopic (exact) mass is 443 g/mol. The van der Waals surface area contributed by atoms with Crippen LogP contribution in [0.4, 0.5) is 11.4 Å². The molecule has 0 radical (unpaired) electrons. The quantitative estimate of drug-likeness (QED) is 0.354. The van der Waals surface area contributed by atoms with Gasteiger partial charge in [0.2, 0.25) is 0 Å². The molecule has 0 amide bonds. The molecule has 1 heterocycles. The van der Waals surface area contributed by atoms with E-state index in [1.54, 1.807) is 12.1 Å². The first-order valence-electron chi connectivity index (χ1n) is 11.2. The van der Waals surface area contributed by atoms with Gasteiger partial charge in [-0.1, -0.05) is 53.7 Å². The number of para-hydroxylation sites is 1. The van der Waals surface area contributed by atoms with E-state index in [2.05, 4.69) is 41.6 Å². The van der Waals surface area contributed by atoms with Gasteiger partial charge in [-0.25, -0.2) is 5.06 Å². The average molecular weight is 444 g/mol. The van der Waals surface area contributed by atoms with Gasteiger partial charge in [0.15, 0.2) is 0 Å². The summed E-state index contributed by atoms with van der Waals surface area (Å²) in [6.45, 7) is 0.262. The van der Waals surface area contributed by atoms with Crippen LogP contribution in [0.5, 0.6) is 0 Å². The number of nitro benzene ring substituents is 1. The molecule has 3 aromatic rings. The Morgan fingerprint density at radius 3 is 2.39 bits per heavy atom. The average Bonchev–Trinajstić information content (AvgIpc) is 3.26. The molecule has 0 aromatic heterocycles. The minimum absolute atomic E-state index is 0.000579. The summed E-state index contributed by atoms with van der Waals surface area (Å²) in [5.74, 6) is 0.0817. The Bertz CT molecular complexity index is 1120. The molecule has 2 aliphatic rings. The van der Waals surface area contributed by atoms with Gasteiger partial charge in [-0.2, -0.15) is 0 Å². The lowest BCUT2D eigenvalue weighted by Crippen LogP contribution is -2.33. The van der Waals surface area contributed by atoms with Crippen molar-refractivity contribution in [1.82, 2.24) is 0 Å². The Labute approximate surface area is 192 Å². The molecule has 33 heavy (non-hydrogen) atoms. The smallest absolute Gasteiger partial charge is 0.269 e. The van der Waals surface area contributed by atoms with Crippen molar-refractivity contribution in [3.8, 4) is 0 Å². The first-order chi connectivity index (χ1) is 16.2. The van der Waals surface area contributed by atoms with Gasteiger partial charge >= 0.3 is 0 Å². The predicted molar refractivity (Wildman–Crippen MR) is 126 cm³/mol. The molecule has 0 spiro atoms. The number of oxime groups is 1. The van der Waals surface area contributed by atoms with E-state index in [9.17, 15) is 10.1 Å². The topological polar surface area (TPSA) is 77.2 Å². The van der Waals surface area contributed by atoms with Gasteiger partial charge in [0.1, 0.15) is 6.61 Å². The fraction of sp³-hybridized carbons (Fsp3) is 0.269. The highest BCUT2D eigenvalue weighted by atomic mass is 16.7. The van der Waals surface area contributed by atoms with Gasteiger partial charge in [-0.3, -0.25) is 15.0 Å². The molecular formula is C26H25N3O4. The fourth-order valence-electron chi connectivity index (χ4n) is 4.71. The predicted octanol–water partition coefficient (Wildman–Crippen LogP) is 5.83. The number of benzene rings is 3. The molecule has 2 fully saturated rings. The largest absolute Gasteiger partial charge is 0.391 e. The zero-order chi connectivity index (χ0) is 22.6. The molecule has 1 saturated carbocycles. The van der Waals surface area contributed by atoms with Gasteiger partial charge < -0.3 is 4.84 Å². The van der Waals surface area contributed by atoms with Gasteiger partial charge in [-0.15, -0.1) is 0 Å². The van der Waals surface area contributed by atoms with E-state index in [0.717, 1.165) is 36.2 Å². The number of fused-ring (bicyclic) bond motifs is 1. The zero-order valence-corrected chi connectivity index (χ0v) is 18.1. The van der Waals surface area contributed by atoms with Crippen molar-refractivity contribution >= 4 is 17.1 Å². The second kappa shape index (κ2) is 9.42. The molecule has 3 aromatic carbocycles. The minimum atomic E-state index is -0.407. The summed E-state index contributed by atoms with van der Waals surface area (Å²) in [5, 5.41) is 17.4. The van der Waals surface area contributed by atoms with Crippen LogP contribution in [0.25, 0.3) is 0 Å². The standard InChI is InChI=1S/C26H25N3O4/c30-29(31)22-16-14-19(15-17-22)18-32-27-23-12-7-13-24-25(23)26(20-8-3-1-4-9-20)28(33-24)21-10-5-2-6-11-21/h1-6,8-11,14-17,24-26H,7,12-13,18H2. The molecule has 5 rings (SSSR count). The van der Waals surface area contributed by atoms with E-state index in [4.69, 9.17) is 9.68 Å². The third-order valence-electron chi connectivity index (χ3n) is 6.26. The highest BCUT2D eigenvalue weighted by Gasteiger charge is 2.48. The van der Waals surface area contributed by atoms with E-state index in [1.165, 1.54) is 17.7 Å². The molecule has 7 heteroatoms. The van der Waals surface area contributed by atoms with Crippen molar-refractivity contribution < 1.29 is 14.6 Å². The van der Waals surface area contributed by atoms with Crippen LogP contribution in [0.15, 0.2) is 90.1 Å². The van der Waals surface area contributed by atoms with Crippen LogP contribution in [0.1, 0.15) is 36.4 Å². The summed E-state index contributed by atoms with van der Waals surface area (Å²) in [7, 11) is 0. The molecule has 3 atom stereocenters. The lowest BCUT2D eigenvalue weighted by molar-refractivity contribution is -0.384. The van der Waals surface area contributed by atoms with Crippen molar-refractivity contribution in [2.24, 2.45) is 11.1 Å². The van der Waals surface area contributed by atoms with Crippen LogP contribution in [0, 0.1) is 16.0 Å². The molecule has 3 unspecified atom stereocenters. The Morgan fingerprint density at radius 1 is 1.00 bits per heavy atom. The maximum atomic E-state index is 10.9. The highest BCUT2D eigenvalue weighted by Crippen LogP contribution is 2.47. The number of non-ortho nitro benzene ring substituents is 1. The molecule has 7 nitrogen and oxygen atoms in total. The van der Waals surface area contributed by atoms with Crippen LogP contribution in [-0.4, -0.2) is 16.7 Å². The van der Waals surface area contributed by atoms with Crippen molar-refractivity contribution in [2.75, 3.05) is 5.06 Å². The van der Waals surface area contributed by atoms with E-state index in [1.807, 2.05) is 29.3 Å². The van der Waals surface area contributed by atoms with Crippen molar-refractivity contribution in [3.05, 3.63) is 106 Å². The fourth-order valence-corrected chi connectivity index (χ4v) is 4.71. The third-order valence-corrected chi connectivity index (χ3v) is 6.26. The Morgan fingerprint density at radius 2 is 1.70 bits per heavy atom. The van der Waals surface area contributed by atoms with Crippen LogP contribution in [0.2, 0.25) is 0 Å². The van der Waals surface area contributed by atoms with Crippen LogP contribution in [-0.2, 0) is 16.3 Å². The second-order valence-electron chi connectivity index (χ2n) is 8.36. The number of hydrogen-bond donors (Lipinski definition) is 0. The van der Waals surface area contributed by atoms with Gasteiger partial charge in [-0.05, 0) is 54.7 Å². The normalized spacial score (nSPS) is 23.3. The summed E-state index contributed by atoms with van der Waals surface area (Å²) >= 11 is 0. The Hall–Kier alpha value is -3.71. The summed E-state index contributed by atoms with van der Waals surface area (Å²) in [6, 6.07) is 26.9. The summed E-state index contributed by atoms with van der Waals surface area (Å²) in [4.78, 5) is 22.7.